The number of hydrogen-bond acceptors (Lipinski definition) is 1. The standard InChI is InChI=1S/C11H12ClF2N/c12-11-8(5-6-15-7-1-2-7)9(13)3-4-10(11)14/h3-4,7,15H,1-2,5-6H2. The van der Waals surface area contributed by atoms with Crippen molar-refractivity contribution in [3.8, 4) is 0 Å². The van der Waals surface area contributed by atoms with E-state index < -0.39 is 11.6 Å². The molecule has 0 aromatic heterocycles. The van der Waals surface area contributed by atoms with Crippen molar-refractivity contribution in [1.29, 1.82) is 0 Å². The average molecular weight is 232 g/mol. The van der Waals surface area contributed by atoms with Crippen LogP contribution in [0.15, 0.2) is 12.1 Å². The van der Waals surface area contributed by atoms with Crippen LogP contribution in [0.1, 0.15) is 18.4 Å². The van der Waals surface area contributed by atoms with E-state index in [9.17, 15) is 8.78 Å². The summed E-state index contributed by atoms with van der Waals surface area (Å²) in [5, 5.41) is 3.14. The van der Waals surface area contributed by atoms with E-state index in [4.69, 9.17) is 11.6 Å². The van der Waals surface area contributed by atoms with E-state index in [1.807, 2.05) is 0 Å². The van der Waals surface area contributed by atoms with Gasteiger partial charge >= 0.3 is 0 Å². The first-order valence-electron chi connectivity index (χ1n) is 5.04. The van der Waals surface area contributed by atoms with Gasteiger partial charge in [0.25, 0.3) is 0 Å². The molecule has 2 rings (SSSR count). The molecule has 0 heterocycles. The molecule has 0 radical (unpaired) electrons. The van der Waals surface area contributed by atoms with Crippen LogP contribution >= 0.6 is 11.6 Å². The third-order valence-electron chi connectivity index (χ3n) is 2.52. The molecule has 1 N–H and O–H groups in total. The van der Waals surface area contributed by atoms with Gasteiger partial charge < -0.3 is 5.32 Å². The van der Waals surface area contributed by atoms with Crippen molar-refractivity contribution >= 4 is 11.6 Å². The van der Waals surface area contributed by atoms with E-state index in [0.29, 0.717) is 19.0 Å². The number of nitrogens with one attached hydrogen (secondary N) is 1. The van der Waals surface area contributed by atoms with Gasteiger partial charge in [0.1, 0.15) is 11.6 Å². The Morgan fingerprint density at radius 3 is 2.60 bits per heavy atom. The summed E-state index contributed by atoms with van der Waals surface area (Å²) in [7, 11) is 0. The van der Waals surface area contributed by atoms with Gasteiger partial charge in [-0.25, -0.2) is 8.78 Å². The Hall–Kier alpha value is -0.670. The summed E-state index contributed by atoms with van der Waals surface area (Å²) in [6.07, 6.45) is 2.79. The van der Waals surface area contributed by atoms with Crippen molar-refractivity contribution in [2.75, 3.05) is 6.54 Å². The van der Waals surface area contributed by atoms with Crippen LogP contribution in [0.2, 0.25) is 5.02 Å². The normalized spacial score (nSPS) is 15.7. The summed E-state index contributed by atoms with van der Waals surface area (Å²) in [5.74, 6) is -0.988. The van der Waals surface area contributed by atoms with Crippen LogP contribution in [0, 0.1) is 11.6 Å². The second-order valence-corrected chi connectivity index (χ2v) is 4.18. The molecule has 15 heavy (non-hydrogen) atoms. The zero-order valence-electron chi connectivity index (χ0n) is 8.19. The lowest BCUT2D eigenvalue weighted by molar-refractivity contribution is 0.577. The molecule has 1 aromatic carbocycles. The smallest absolute Gasteiger partial charge is 0.142 e. The molecule has 1 aromatic rings. The Kier molecular flexibility index (Phi) is 3.22. The summed E-state index contributed by atoms with van der Waals surface area (Å²) in [6.45, 7) is 0.644. The fourth-order valence-electron chi connectivity index (χ4n) is 1.49. The molecule has 0 atom stereocenters. The summed E-state index contributed by atoms with van der Waals surface area (Å²) in [5.41, 5.74) is 0.268. The van der Waals surface area contributed by atoms with Crippen molar-refractivity contribution < 1.29 is 8.78 Å². The highest BCUT2D eigenvalue weighted by atomic mass is 35.5. The highest BCUT2D eigenvalue weighted by Gasteiger charge is 2.20. The lowest BCUT2D eigenvalue weighted by Gasteiger charge is -2.07. The van der Waals surface area contributed by atoms with Gasteiger partial charge in [0, 0.05) is 11.6 Å². The largest absolute Gasteiger partial charge is 0.314 e. The number of halogens is 3. The minimum Gasteiger partial charge on any atom is -0.314 e. The lowest BCUT2D eigenvalue weighted by atomic mass is 10.1. The Labute approximate surface area is 92.4 Å². The van der Waals surface area contributed by atoms with Crippen molar-refractivity contribution in [3.05, 3.63) is 34.4 Å². The van der Waals surface area contributed by atoms with E-state index >= 15 is 0 Å². The van der Waals surface area contributed by atoms with Gasteiger partial charge in [-0.2, -0.15) is 0 Å². The Bertz CT molecular complexity index is 364. The average Bonchev–Trinajstić information content (AvgIpc) is 3.01. The second kappa shape index (κ2) is 4.45. The first-order valence-corrected chi connectivity index (χ1v) is 5.42. The summed E-state index contributed by atoms with van der Waals surface area (Å²) < 4.78 is 26.3. The molecule has 0 spiro atoms. The van der Waals surface area contributed by atoms with Crippen molar-refractivity contribution in [2.24, 2.45) is 0 Å². The van der Waals surface area contributed by atoms with Gasteiger partial charge in [-0.05, 0) is 37.9 Å². The molecule has 0 amide bonds. The Balaban J connectivity index is 2.01. The van der Waals surface area contributed by atoms with Gasteiger partial charge in [0.05, 0.1) is 5.02 Å². The topological polar surface area (TPSA) is 12.0 Å². The molecule has 0 aliphatic heterocycles. The van der Waals surface area contributed by atoms with E-state index in [2.05, 4.69) is 5.32 Å². The predicted octanol–water partition coefficient (Wildman–Crippen LogP) is 2.91. The van der Waals surface area contributed by atoms with Gasteiger partial charge in [-0.1, -0.05) is 11.6 Å². The number of hydrogen-bond donors (Lipinski definition) is 1. The number of rotatable bonds is 4. The maximum Gasteiger partial charge on any atom is 0.142 e. The first-order chi connectivity index (χ1) is 7.18. The maximum atomic E-state index is 13.3. The Morgan fingerprint density at radius 2 is 1.93 bits per heavy atom. The van der Waals surface area contributed by atoms with Gasteiger partial charge in [-0.3, -0.25) is 0 Å². The summed E-state index contributed by atoms with van der Waals surface area (Å²) in [6, 6.07) is 2.74. The minimum absolute atomic E-state index is 0.0902. The monoisotopic (exact) mass is 231 g/mol. The summed E-state index contributed by atoms with van der Waals surface area (Å²) in [4.78, 5) is 0. The second-order valence-electron chi connectivity index (χ2n) is 3.80. The molecular weight excluding hydrogens is 220 g/mol. The van der Waals surface area contributed by atoms with Crippen LogP contribution in [-0.2, 0) is 6.42 Å². The quantitative estimate of drug-likeness (QED) is 0.786. The molecule has 0 bridgehead atoms. The van der Waals surface area contributed by atoms with E-state index in [-0.39, 0.29) is 10.6 Å². The molecule has 1 saturated carbocycles. The van der Waals surface area contributed by atoms with Crippen LogP contribution < -0.4 is 5.32 Å². The molecule has 0 saturated heterocycles. The molecule has 1 aliphatic rings. The van der Waals surface area contributed by atoms with Crippen LogP contribution in [0.5, 0.6) is 0 Å². The highest BCUT2D eigenvalue weighted by Crippen LogP contribution is 2.23. The third-order valence-corrected chi connectivity index (χ3v) is 2.93. The zero-order valence-corrected chi connectivity index (χ0v) is 8.95. The van der Waals surface area contributed by atoms with Gasteiger partial charge in [0.15, 0.2) is 0 Å². The Morgan fingerprint density at radius 1 is 1.27 bits per heavy atom. The fourth-order valence-corrected chi connectivity index (χ4v) is 1.73. The molecule has 4 heteroatoms. The first kappa shape index (κ1) is 10.8. The van der Waals surface area contributed by atoms with Gasteiger partial charge in [0.2, 0.25) is 0 Å². The van der Waals surface area contributed by atoms with Gasteiger partial charge in [-0.15, -0.1) is 0 Å². The third kappa shape index (κ3) is 2.67. The van der Waals surface area contributed by atoms with Crippen LogP contribution in [0.25, 0.3) is 0 Å². The molecule has 1 aliphatic carbocycles. The molecular formula is C11H12ClF2N. The maximum absolute atomic E-state index is 13.3. The van der Waals surface area contributed by atoms with E-state index in [1.165, 1.54) is 12.8 Å². The fraction of sp³-hybridized carbons (Fsp3) is 0.455. The molecule has 1 nitrogen and oxygen atoms in total. The molecule has 82 valence electrons. The van der Waals surface area contributed by atoms with Crippen molar-refractivity contribution in [3.63, 3.8) is 0 Å². The van der Waals surface area contributed by atoms with Crippen LogP contribution in [0.4, 0.5) is 8.78 Å². The predicted molar refractivity (Wildman–Crippen MR) is 56.1 cm³/mol. The number of benzene rings is 1. The SMILES string of the molecule is Fc1ccc(F)c(CCNC2CC2)c1Cl. The molecule has 0 unspecified atom stereocenters. The lowest BCUT2D eigenvalue weighted by Crippen LogP contribution is -2.19. The summed E-state index contributed by atoms with van der Waals surface area (Å²) >= 11 is 5.69. The van der Waals surface area contributed by atoms with Crippen LogP contribution in [-0.4, -0.2) is 12.6 Å². The van der Waals surface area contributed by atoms with E-state index in [0.717, 1.165) is 12.1 Å². The molecule has 1 fully saturated rings. The minimum atomic E-state index is -0.556. The van der Waals surface area contributed by atoms with E-state index in [1.54, 1.807) is 0 Å². The van der Waals surface area contributed by atoms with Crippen LogP contribution in [0.3, 0.4) is 0 Å². The highest BCUT2D eigenvalue weighted by molar-refractivity contribution is 6.31. The van der Waals surface area contributed by atoms with Crippen molar-refractivity contribution in [1.82, 2.24) is 5.32 Å². The van der Waals surface area contributed by atoms with Crippen molar-refractivity contribution in [2.45, 2.75) is 25.3 Å². The zero-order chi connectivity index (χ0) is 10.8.